The minimum Gasteiger partial charge on any atom is -0.309 e. The summed E-state index contributed by atoms with van der Waals surface area (Å²) in [7, 11) is 0. The fourth-order valence-corrected chi connectivity index (χ4v) is 3.68. The SMILES string of the molecule is CCNC(c1ccc(-c2ccccc2F)s1)C1CC1. The van der Waals surface area contributed by atoms with Crippen LogP contribution >= 0.6 is 11.3 Å². The third-order valence-electron chi connectivity index (χ3n) is 3.59. The molecule has 100 valence electrons. The maximum Gasteiger partial charge on any atom is 0.131 e. The van der Waals surface area contributed by atoms with Crippen molar-refractivity contribution in [3.63, 3.8) is 0 Å². The Labute approximate surface area is 117 Å². The fourth-order valence-electron chi connectivity index (χ4n) is 2.47. The maximum atomic E-state index is 13.8. The quantitative estimate of drug-likeness (QED) is 0.840. The highest BCUT2D eigenvalue weighted by Gasteiger charge is 2.32. The summed E-state index contributed by atoms with van der Waals surface area (Å²) in [5.74, 6) is 0.634. The minimum absolute atomic E-state index is 0.137. The van der Waals surface area contributed by atoms with Crippen LogP contribution in [0.1, 0.15) is 30.7 Å². The zero-order valence-electron chi connectivity index (χ0n) is 11.0. The van der Waals surface area contributed by atoms with Crippen LogP contribution in [0, 0.1) is 11.7 Å². The van der Waals surface area contributed by atoms with Crippen molar-refractivity contribution in [3.05, 3.63) is 47.1 Å². The van der Waals surface area contributed by atoms with E-state index in [2.05, 4.69) is 18.3 Å². The van der Waals surface area contributed by atoms with Crippen molar-refractivity contribution in [3.8, 4) is 10.4 Å². The van der Waals surface area contributed by atoms with Crippen molar-refractivity contribution in [1.82, 2.24) is 5.32 Å². The molecule has 0 saturated heterocycles. The van der Waals surface area contributed by atoms with Gasteiger partial charge in [-0.1, -0.05) is 25.1 Å². The van der Waals surface area contributed by atoms with Gasteiger partial charge in [-0.2, -0.15) is 0 Å². The van der Waals surface area contributed by atoms with E-state index in [-0.39, 0.29) is 5.82 Å². The molecule has 1 nitrogen and oxygen atoms in total. The zero-order valence-corrected chi connectivity index (χ0v) is 11.8. The van der Waals surface area contributed by atoms with E-state index in [1.54, 1.807) is 17.4 Å². The maximum absolute atomic E-state index is 13.8. The van der Waals surface area contributed by atoms with E-state index in [0.717, 1.165) is 17.3 Å². The molecule has 1 aliphatic carbocycles. The molecule has 1 aliphatic rings. The Bertz CT molecular complexity index is 559. The van der Waals surface area contributed by atoms with Crippen molar-refractivity contribution in [2.75, 3.05) is 6.54 Å². The van der Waals surface area contributed by atoms with Gasteiger partial charge in [-0.25, -0.2) is 4.39 Å². The van der Waals surface area contributed by atoms with Gasteiger partial charge in [0.1, 0.15) is 5.82 Å². The first-order valence-corrected chi connectivity index (χ1v) is 7.69. The number of rotatable bonds is 5. The first kappa shape index (κ1) is 12.8. The first-order valence-electron chi connectivity index (χ1n) is 6.87. The minimum atomic E-state index is -0.137. The van der Waals surface area contributed by atoms with Gasteiger partial charge in [0.05, 0.1) is 0 Å². The van der Waals surface area contributed by atoms with Gasteiger partial charge < -0.3 is 5.32 Å². The van der Waals surface area contributed by atoms with Gasteiger partial charge in [0.2, 0.25) is 0 Å². The summed E-state index contributed by atoms with van der Waals surface area (Å²) in [6.45, 7) is 3.12. The highest BCUT2D eigenvalue weighted by atomic mass is 32.1. The monoisotopic (exact) mass is 275 g/mol. The first-order chi connectivity index (χ1) is 9.29. The van der Waals surface area contributed by atoms with Crippen LogP contribution < -0.4 is 5.32 Å². The van der Waals surface area contributed by atoms with Crippen LogP contribution in [0.25, 0.3) is 10.4 Å². The van der Waals surface area contributed by atoms with E-state index >= 15 is 0 Å². The van der Waals surface area contributed by atoms with Crippen LogP contribution in [0.2, 0.25) is 0 Å². The molecule has 3 heteroatoms. The van der Waals surface area contributed by atoms with Gasteiger partial charge >= 0.3 is 0 Å². The van der Waals surface area contributed by atoms with E-state index in [1.165, 1.54) is 23.8 Å². The lowest BCUT2D eigenvalue weighted by Gasteiger charge is -2.15. The molecule has 1 N–H and O–H groups in total. The molecule has 1 aromatic heterocycles. The molecule has 1 heterocycles. The molecule has 1 saturated carbocycles. The average Bonchev–Trinajstić information content (AvgIpc) is 3.14. The molecular weight excluding hydrogens is 257 g/mol. The molecule has 0 spiro atoms. The molecule has 1 atom stereocenters. The van der Waals surface area contributed by atoms with Gasteiger partial charge in [0.25, 0.3) is 0 Å². The number of nitrogens with one attached hydrogen (secondary N) is 1. The topological polar surface area (TPSA) is 12.0 Å². The Hall–Kier alpha value is -1.19. The van der Waals surface area contributed by atoms with Crippen LogP contribution in [-0.2, 0) is 0 Å². The van der Waals surface area contributed by atoms with Crippen molar-refractivity contribution in [2.24, 2.45) is 5.92 Å². The summed E-state index contributed by atoms with van der Waals surface area (Å²) < 4.78 is 13.8. The Morgan fingerprint density at radius 3 is 2.74 bits per heavy atom. The lowest BCUT2D eigenvalue weighted by atomic mass is 10.1. The van der Waals surface area contributed by atoms with Gasteiger partial charge in [-0.3, -0.25) is 0 Å². The number of hydrogen-bond acceptors (Lipinski definition) is 2. The predicted molar refractivity (Wildman–Crippen MR) is 78.9 cm³/mol. The summed E-state index contributed by atoms with van der Waals surface area (Å²) in [6.07, 6.45) is 2.62. The van der Waals surface area contributed by atoms with Crippen molar-refractivity contribution >= 4 is 11.3 Å². The summed E-state index contributed by atoms with van der Waals surface area (Å²) in [6, 6.07) is 11.7. The summed E-state index contributed by atoms with van der Waals surface area (Å²) in [5, 5.41) is 3.56. The molecule has 0 bridgehead atoms. The third-order valence-corrected chi connectivity index (χ3v) is 4.79. The molecular formula is C16H18FNS. The second-order valence-electron chi connectivity index (χ2n) is 5.05. The summed E-state index contributed by atoms with van der Waals surface area (Å²) >= 11 is 1.71. The molecule has 0 radical (unpaired) electrons. The van der Waals surface area contributed by atoms with Gasteiger partial charge in [0.15, 0.2) is 0 Å². The van der Waals surface area contributed by atoms with Crippen LogP contribution in [0.15, 0.2) is 36.4 Å². The normalized spacial score (nSPS) is 16.5. The molecule has 0 aliphatic heterocycles. The van der Waals surface area contributed by atoms with Gasteiger partial charge in [-0.05, 0) is 43.5 Å². The fraction of sp³-hybridized carbons (Fsp3) is 0.375. The third kappa shape index (κ3) is 2.72. The van der Waals surface area contributed by atoms with Crippen molar-refractivity contribution < 1.29 is 4.39 Å². The number of hydrogen-bond donors (Lipinski definition) is 1. The Morgan fingerprint density at radius 2 is 2.05 bits per heavy atom. The summed E-state index contributed by atoms with van der Waals surface area (Å²) in [5.41, 5.74) is 0.713. The predicted octanol–water partition coefficient (Wildman–Crippen LogP) is 4.61. The smallest absolute Gasteiger partial charge is 0.131 e. The van der Waals surface area contributed by atoms with E-state index in [0.29, 0.717) is 11.6 Å². The largest absolute Gasteiger partial charge is 0.309 e. The zero-order chi connectivity index (χ0) is 13.2. The molecule has 19 heavy (non-hydrogen) atoms. The second-order valence-corrected chi connectivity index (χ2v) is 6.17. The number of thiophene rings is 1. The van der Waals surface area contributed by atoms with E-state index in [9.17, 15) is 4.39 Å². The number of halogens is 1. The highest BCUT2D eigenvalue weighted by molar-refractivity contribution is 7.15. The Balaban J connectivity index is 1.88. The molecule has 0 amide bonds. The molecule has 1 unspecified atom stereocenters. The highest BCUT2D eigenvalue weighted by Crippen LogP contribution is 2.44. The Morgan fingerprint density at radius 1 is 1.26 bits per heavy atom. The Kier molecular flexibility index (Phi) is 3.67. The van der Waals surface area contributed by atoms with Crippen molar-refractivity contribution in [2.45, 2.75) is 25.8 Å². The van der Waals surface area contributed by atoms with Crippen LogP contribution in [-0.4, -0.2) is 6.54 Å². The lowest BCUT2D eigenvalue weighted by molar-refractivity contribution is 0.504. The van der Waals surface area contributed by atoms with Gasteiger partial charge in [-0.15, -0.1) is 11.3 Å². The molecule has 1 fully saturated rings. The summed E-state index contributed by atoms with van der Waals surface area (Å²) in [4.78, 5) is 2.36. The van der Waals surface area contributed by atoms with E-state index < -0.39 is 0 Å². The van der Waals surface area contributed by atoms with Crippen LogP contribution in [0.3, 0.4) is 0 Å². The number of benzene rings is 1. The van der Waals surface area contributed by atoms with Crippen LogP contribution in [0.5, 0.6) is 0 Å². The average molecular weight is 275 g/mol. The van der Waals surface area contributed by atoms with E-state index in [4.69, 9.17) is 0 Å². The van der Waals surface area contributed by atoms with Crippen molar-refractivity contribution in [1.29, 1.82) is 0 Å². The van der Waals surface area contributed by atoms with Crippen LogP contribution in [0.4, 0.5) is 4.39 Å². The lowest BCUT2D eigenvalue weighted by Crippen LogP contribution is -2.21. The molecule has 3 rings (SSSR count). The molecule has 2 aromatic rings. The standard InChI is InChI=1S/C16H18FNS/c1-2-18-16(11-7-8-11)15-10-9-14(19-15)12-5-3-4-6-13(12)17/h3-6,9-11,16,18H,2,7-8H2,1H3. The second kappa shape index (κ2) is 5.43. The van der Waals surface area contributed by atoms with E-state index in [1.807, 2.05) is 18.2 Å². The van der Waals surface area contributed by atoms with Gasteiger partial charge in [0, 0.05) is 21.4 Å². The molecule has 1 aromatic carbocycles.